The topological polar surface area (TPSA) is 78.3 Å². The van der Waals surface area contributed by atoms with Crippen LogP contribution in [0.1, 0.15) is 37.6 Å². The van der Waals surface area contributed by atoms with Crippen molar-refractivity contribution in [3.63, 3.8) is 0 Å². The zero-order valence-electron chi connectivity index (χ0n) is 16.0. The minimum absolute atomic E-state index is 0.0382. The lowest BCUT2D eigenvalue weighted by Gasteiger charge is -2.16. The molecule has 1 atom stereocenters. The van der Waals surface area contributed by atoms with Crippen LogP contribution < -0.4 is 9.84 Å². The van der Waals surface area contributed by atoms with Crippen molar-refractivity contribution in [2.45, 2.75) is 38.0 Å². The fraction of sp³-hybridized carbons (Fsp3) is 0.263. The van der Waals surface area contributed by atoms with Gasteiger partial charge in [0, 0.05) is 5.56 Å². The molecular formula is C19H16F4N2O4S. The molecule has 3 aromatic rings. The van der Waals surface area contributed by atoms with Gasteiger partial charge in [-0.25, -0.2) is 22.5 Å². The Morgan fingerprint density at radius 2 is 1.63 bits per heavy atom. The molecule has 0 aliphatic rings. The van der Waals surface area contributed by atoms with E-state index in [2.05, 4.69) is 9.27 Å². The molecule has 2 aromatic carbocycles. The van der Waals surface area contributed by atoms with Crippen molar-refractivity contribution < 1.29 is 30.3 Å². The van der Waals surface area contributed by atoms with E-state index in [4.69, 9.17) is 0 Å². The van der Waals surface area contributed by atoms with Crippen LogP contribution in [0.3, 0.4) is 0 Å². The monoisotopic (exact) mass is 444 g/mol. The summed E-state index contributed by atoms with van der Waals surface area (Å²) in [5.41, 5.74) is -1.67. The van der Waals surface area contributed by atoms with Crippen molar-refractivity contribution in [1.29, 1.82) is 0 Å². The molecular weight excluding hydrogens is 428 g/mol. The first kappa shape index (κ1) is 21.8. The highest BCUT2D eigenvalue weighted by molar-refractivity contribution is 7.87. The highest BCUT2D eigenvalue weighted by atomic mass is 32.2. The summed E-state index contributed by atoms with van der Waals surface area (Å²) >= 11 is 0. The van der Waals surface area contributed by atoms with Crippen LogP contribution in [0, 0.1) is 30.2 Å². The lowest BCUT2D eigenvalue weighted by atomic mass is 9.97. The van der Waals surface area contributed by atoms with E-state index in [0.29, 0.717) is 0 Å². The van der Waals surface area contributed by atoms with Crippen LogP contribution in [0.15, 0.2) is 34.0 Å². The molecule has 0 spiro atoms. The Bertz CT molecular complexity index is 1290. The van der Waals surface area contributed by atoms with E-state index in [-0.39, 0.29) is 27.9 Å². The fourth-order valence-electron chi connectivity index (χ4n) is 2.94. The number of benzene rings is 2. The number of nitrogens with zero attached hydrogens (tertiary/aromatic N) is 2. The first-order chi connectivity index (χ1) is 14.0. The maximum atomic E-state index is 14.5. The number of fused-ring (bicyclic) bond motifs is 1. The van der Waals surface area contributed by atoms with Gasteiger partial charge in [0.2, 0.25) is 0 Å². The zero-order chi connectivity index (χ0) is 22.4. The van der Waals surface area contributed by atoms with Crippen molar-refractivity contribution in [2.75, 3.05) is 0 Å². The van der Waals surface area contributed by atoms with Gasteiger partial charge in [-0.3, -0.25) is 9.08 Å². The molecule has 0 saturated heterocycles. The van der Waals surface area contributed by atoms with Gasteiger partial charge in [0.25, 0.3) is 5.56 Å². The summed E-state index contributed by atoms with van der Waals surface area (Å²) < 4.78 is 87.6. The van der Waals surface area contributed by atoms with Crippen LogP contribution in [0.5, 0.6) is 0 Å². The summed E-state index contributed by atoms with van der Waals surface area (Å²) in [5, 5.41) is -0.0382. The highest BCUT2D eigenvalue weighted by Crippen LogP contribution is 2.33. The van der Waals surface area contributed by atoms with Crippen molar-refractivity contribution in [3.05, 3.63) is 69.3 Å². The van der Waals surface area contributed by atoms with Crippen molar-refractivity contribution in [3.8, 4) is 0 Å². The number of rotatable bonds is 5. The standard InChI is InChI=1S/C19H16F4N2O4S/c1-4-9(2)13-14(20)16(22)18(17(23)15(13)21)30(27,28)29-25-10(3)24-12-8-6-5-7-11(12)19(25)26/h5-9H,4H2,1-3H3. The third-order valence-electron chi connectivity index (χ3n) is 4.68. The molecule has 0 aliphatic heterocycles. The Morgan fingerprint density at radius 1 is 1.07 bits per heavy atom. The molecule has 0 aliphatic carbocycles. The predicted octanol–water partition coefficient (Wildman–Crippen LogP) is 3.59. The molecule has 1 unspecified atom stereocenters. The average molecular weight is 444 g/mol. The van der Waals surface area contributed by atoms with Gasteiger partial charge in [-0.05, 0) is 31.4 Å². The minimum atomic E-state index is -5.49. The smallest absolute Gasteiger partial charge is 0.279 e. The second-order valence-electron chi connectivity index (χ2n) is 6.61. The number of para-hydroxylation sites is 1. The Hall–Kier alpha value is -2.95. The SMILES string of the molecule is CCC(C)c1c(F)c(F)c(S(=O)(=O)On2c(C)nc3ccccc3c2=O)c(F)c1F. The van der Waals surface area contributed by atoms with Crippen LogP contribution in [-0.4, -0.2) is 18.1 Å². The summed E-state index contributed by atoms with van der Waals surface area (Å²) in [6, 6.07) is 5.89. The predicted molar refractivity (Wildman–Crippen MR) is 99.5 cm³/mol. The summed E-state index contributed by atoms with van der Waals surface area (Å²) in [5.74, 6) is -9.13. The maximum Gasteiger partial charge on any atom is 0.363 e. The van der Waals surface area contributed by atoms with Gasteiger partial charge in [-0.2, -0.15) is 8.42 Å². The Morgan fingerprint density at radius 3 is 2.20 bits per heavy atom. The molecule has 1 aromatic heterocycles. The fourth-order valence-corrected chi connectivity index (χ4v) is 4.00. The Labute approximate surface area is 168 Å². The molecule has 0 fully saturated rings. The van der Waals surface area contributed by atoms with Crippen LogP contribution >= 0.6 is 0 Å². The molecule has 160 valence electrons. The van der Waals surface area contributed by atoms with E-state index < -0.39 is 55.3 Å². The van der Waals surface area contributed by atoms with Crippen molar-refractivity contribution >= 4 is 21.0 Å². The molecule has 0 radical (unpaired) electrons. The summed E-state index contributed by atoms with van der Waals surface area (Å²) in [7, 11) is -5.49. The van der Waals surface area contributed by atoms with Crippen molar-refractivity contribution in [2.24, 2.45) is 0 Å². The van der Waals surface area contributed by atoms with Crippen LogP contribution in [-0.2, 0) is 10.1 Å². The molecule has 30 heavy (non-hydrogen) atoms. The molecule has 3 rings (SSSR count). The molecule has 0 saturated carbocycles. The van der Waals surface area contributed by atoms with E-state index >= 15 is 0 Å². The van der Waals surface area contributed by atoms with Gasteiger partial charge in [0.1, 0.15) is 5.82 Å². The van der Waals surface area contributed by atoms with Crippen LogP contribution in [0.25, 0.3) is 10.9 Å². The van der Waals surface area contributed by atoms with Gasteiger partial charge < -0.3 is 0 Å². The second kappa shape index (κ2) is 7.71. The molecule has 11 heteroatoms. The lowest BCUT2D eigenvalue weighted by Crippen LogP contribution is -2.34. The van der Waals surface area contributed by atoms with Gasteiger partial charge in [-0.1, -0.05) is 26.0 Å². The van der Waals surface area contributed by atoms with E-state index in [0.717, 1.165) is 0 Å². The number of hydrogen-bond acceptors (Lipinski definition) is 5. The van der Waals surface area contributed by atoms with Gasteiger partial charge in [0.15, 0.2) is 28.2 Å². The van der Waals surface area contributed by atoms with Gasteiger partial charge >= 0.3 is 10.1 Å². The van der Waals surface area contributed by atoms with Crippen molar-refractivity contribution in [1.82, 2.24) is 9.71 Å². The molecule has 0 bridgehead atoms. The minimum Gasteiger partial charge on any atom is -0.279 e. The third kappa shape index (κ3) is 3.42. The number of aromatic nitrogens is 2. The van der Waals surface area contributed by atoms with E-state index in [1.54, 1.807) is 6.07 Å². The number of hydrogen-bond donors (Lipinski definition) is 0. The normalized spacial score (nSPS) is 12.9. The average Bonchev–Trinajstić information content (AvgIpc) is 2.69. The molecule has 1 heterocycles. The number of aryl methyl sites for hydroxylation is 1. The third-order valence-corrected chi connectivity index (χ3v) is 5.88. The first-order valence-electron chi connectivity index (χ1n) is 8.80. The molecule has 0 N–H and O–H groups in total. The lowest BCUT2D eigenvalue weighted by molar-refractivity contribution is 0.252. The summed E-state index contributed by atoms with van der Waals surface area (Å²) in [6.07, 6.45) is 0.146. The van der Waals surface area contributed by atoms with E-state index in [9.17, 15) is 30.8 Å². The van der Waals surface area contributed by atoms with Crippen LogP contribution in [0.4, 0.5) is 17.6 Å². The highest BCUT2D eigenvalue weighted by Gasteiger charge is 2.36. The Kier molecular flexibility index (Phi) is 5.59. The zero-order valence-corrected chi connectivity index (χ0v) is 16.9. The van der Waals surface area contributed by atoms with E-state index in [1.807, 2.05) is 0 Å². The number of halogens is 4. The van der Waals surface area contributed by atoms with E-state index in [1.165, 1.54) is 39.0 Å². The largest absolute Gasteiger partial charge is 0.363 e. The second-order valence-corrected chi connectivity index (χ2v) is 8.08. The summed E-state index contributed by atoms with van der Waals surface area (Å²) in [4.78, 5) is 14.6. The first-order valence-corrected chi connectivity index (χ1v) is 10.2. The van der Waals surface area contributed by atoms with Gasteiger partial charge in [0.05, 0.1) is 10.9 Å². The summed E-state index contributed by atoms with van der Waals surface area (Å²) in [6.45, 7) is 4.08. The van der Waals surface area contributed by atoms with Crippen LogP contribution in [0.2, 0.25) is 0 Å². The van der Waals surface area contributed by atoms with Gasteiger partial charge in [-0.15, -0.1) is 4.73 Å². The molecule has 6 nitrogen and oxygen atoms in total. The Balaban J connectivity index is 2.21. The maximum absolute atomic E-state index is 14.5. The quantitative estimate of drug-likeness (QED) is 0.444. The molecule has 0 amide bonds.